The van der Waals surface area contributed by atoms with Gasteiger partial charge in [-0.3, -0.25) is 0 Å². The van der Waals surface area contributed by atoms with Gasteiger partial charge in [-0.1, -0.05) is 0 Å². The van der Waals surface area contributed by atoms with E-state index in [4.69, 9.17) is 5.73 Å². The molecule has 16 heavy (non-hydrogen) atoms. The molecule has 5 heteroatoms. The molecule has 1 aliphatic rings. The summed E-state index contributed by atoms with van der Waals surface area (Å²) in [5.41, 5.74) is 6.76. The monoisotopic (exact) mass is 238 g/mol. The van der Waals surface area contributed by atoms with E-state index in [-0.39, 0.29) is 0 Å². The molecule has 1 aliphatic heterocycles. The van der Waals surface area contributed by atoms with Gasteiger partial charge in [0.05, 0.1) is 0 Å². The average Bonchev–Trinajstić information content (AvgIpc) is 2.74. The molecule has 2 heterocycles. The van der Waals surface area contributed by atoms with Crippen molar-refractivity contribution in [3.8, 4) is 0 Å². The second-order valence-electron chi connectivity index (χ2n) is 4.15. The van der Waals surface area contributed by atoms with Crippen LogP contribution in [0.3, 0.4) is 0 Å². The highest BCUT2D eigenvalue weighted by atomic mass is 32.2. The van der Waals surface area contributed by atoms with Crippen LogP contribution in [0.5, 0.6) is 0 Å². The number of rotatable bonds is 3. The fraction of sp³-hybridized carbons (Fsp3) is 0.636. The van der Waals surface area contributed by atoms with E-state index < -0.39 is 0 Å². The van der Waals surface area contributed by atoms with E-state index in [0.717, 1.165) is 29.0 Å². The van der Waals surface area contributed by atoms with E-state index in [2.05, 4.69) is 15.3 Å². The molecule has 1 fully saturated rings. The van der Waals surface area contributed by atoms with E-state index in [1.807, 2.05) is 25.6 Å². The van der Waals surface area contributed by atoms with Crippen LogP contribution in [0.1, 0.15) is 24.2 Å². The van der Waals surface area contributed by atoms with Crippen LogP contribution in [0.2, 0.25) is 0 Å². The fourth-order valence-electron chi connectivity index (χ4n) is 1.84. The molecule has 2 rings (SSSR count). The van der Waals surface area contributed by atoms with Crippen LogP contribution < -0.4 is 11.1 Å². The number of nitrogens with zero attached hydrogens (tertiary/aromatic N) is 2. The molecule has 1 atom stereocenters. The summed E-state index contributed by atoms with van der Waals surface area (Å²) in [5, 5.41) is 4.10. The summed E-state index contributed by atoms with van der Waals surface area (Å²) in [7, 11) is 0. The Morgan fingerprint density at radius 3 is 2.94 bits per heavy atom. The molecule has 0 aromatic carbocycles. The standard InChI is InChI=1S/C11H18N4S/c1-7-10(12)14-8(2)15-11(7)13-6-9-4-3-5-16-9/h9H,3-6H2,1-2H3,(H3,12,13,14,15). The summed E-state index contributed by atoms with van der Waals surface area (Å²) in [6.45, 7) is 4.80. The largest absolute Gasteiger partial charge is 0.383 e. The smallest absolute Gasteiger partial charge is 0.134 e. The first-order valence-electron chi connectivity index (χ1n) is 5.63. The predicted octanol–water partition coefficient (Wildman–Crippen LogP) is 1.98. The molecule has 0 saturated carbocycles. The highest BCUT2D eigenvalue weighted by Crippen LogP contribution is 2.26. The normalized spacial score (nSPS) is 20.0. The van der Waals surface area contributed by atoms with Crippen LogP contribution in [-0.4, -0.2) is 27.5 Å². The molecule has 0 amide bonds. The molecule has 0 radical (unpaired) electrons. The van der Waals surface area contributed by atoms with Crippen molar-refractivity contribution in [2.75, 3.05) is 23.3 Å². The topological polar surface area (TPSA) is 63.8 Å². The zero-order valence-corrected chi connectivity index (χ0v) is 10.6. The first-order chi connectivity index (χ1) is 7.66. The van der Waals surface area contributed by atoms with Crippen LogP contribution >= 0.6 is 11.8 Å². The number of hydrogen-bond acceptors (Lipinski definition) is 5. The first kappa shape index (κ1) is 11.5. The molecule has 1 unspecified atom stereocenters. The van der Waals surface area contributed by atoms with Crippen LogP contribution in [0.15, 0.2) is 0 Å². The summed E-state index contributed by atoms with van der Waals surface area (Å²) in [6, 6.07) is 0. The van der Waals surface area contributed by atoms with Crippen LogP contribution in [0, 0.1) is 13.8 Å². The second-order valence-corrected chi connectivity index (χ2v) is 5.55. The van der Waals surface area contributed by atoms with Gasteiger partial charge in [0.25, 0.3) is 0 Å². The van der Waals surface area contributed by atoms with Crippen molar-refractivity contribution in [2.45, 2.75) is 31.9 Å². The number of thioether (sulfide) groups is 1. The van der Waals surface area contributed by atoms with Gasteiger partial charge in [-0.2, -0.15) is 11.8 Å². The number of aromatic nitrogens is 2. The minimum Gasteiger partial charge on any atom is -0.383 e. The number of aryl methyl sites for hydroxylation is 1. The number of nitrogen functional groups attached to an aromatic ring is 1. The van der Waals surface area contributed by atoms with Crippen molar-refractivity contribution in [3.63, 3.8) is 0 Å². The number of nitrogens with two attached hydrogens (primary N) is 1. The van der Waals surface area contributed by atoms with Gasteiger partial charge in [-0.15, -0.1) is 0 Å². The van der Waals surface area contributed by atoms with Gasteiger partial charge in [0.15, 0.2) is 0 Å². The van der Waals surface area contributed by atoms with Crippen LogP contribution in [0.4, 0.5) is 11.6 Å². The number of hydrogen-bond donors (Lipinski definition) is 2. The van der Waals surface area contributed by atoms with Gasteiger partial charge in [0.2, 0.25) is 0 Å². The molecular formula is C11H18N4S. The Hall–Kier alpha value is -0.970. The Morgan fingerprint density at radius 1 is 1.44 bits per heavy atom. The van der Waals surface area contributed by atoms with E-state index in [1.165, 1.54) is 18.6 Å². The molecule has 0 aliphatic carbocycles. The van der Waals surface area contributed by atoms with Crippen molar-refractivity contribution in [2.24, 2.45) is 0 Å². The molecule has 0 spiro atoms. The Morgan fingerprint density at radius 2 is 2.25 bits per heavy atom. The Balaban J connectivity index is 2.02. The molecule has 88 valence electrons. The fourth-order valence-corrected chi connectivity index (χ4v) is 3.04. The molecule has 1 aromatic rings. The molecule has 3 N–H and O–H groups in total. The lowest BCUT2D eigenvalue weighted by atomic mass is 10.2. The van der Waals surface area contributed by atoms with Crippen molar-refractivity contribution in [1.82, 2.24) is 9.97 Å². The minimum absolute atomic E-state index is 0.578. The Bertz CT molecular complexity index is 374. The summed E-state index contributed by atoms with van der Waals surface area (Å²) in [6.07, 6.45) is 2.64. The molecule has 0 bridgehead atoms. The second kappa shape index (κ2) is 4.91. The lowest BCUT2D eigenvalue weighted by Crippen LogP contribution is -2.16. The molecular weight excluding hydrogens is 220 g/mol. The van der Waals surface area contributed by atoms with E-state index in [0.29, 0.717) is 5.82 Å². The molecule has 1 saturated heterocycles. The van der Waals surface area contributed by atoms with Crippen molar-refractivity contribution < 1.29 is 0 Å². The Labute approximate surface area is 100 Å². The highest BCUT2D eigenvalue weighted by Gasteiger charge is 2.16. The average molecular weight is 238 g/mol. The van der Waals surface area contributed by atoms with Crippen LogP contribution in [-0.2, 0) is 0 Å². The quantitative estimate of drug-likeness (QED) is 0.843. The molecule has 4 nitrogen and oxygen atoms in total. The summed E-state index contributed by atoms with van der Waals surface area (Å²) >= 11 is 2.04. The maximum Gasteiger partial charge on any atom is 0.134 e. The van der Waals surface area contributed by atoms with E-state index in [9.17, 15) is 0 Å². The number of anilines is 2. The minimum atomic E-state index is 0.578. The van der Waals surface area contributed by atoms with Gasteiger partial charge >= 0.3 is 0 Å². The van der Waals surface area contributed by atoms with Gasteiger partial charge in [-0.05, 0) is 32.4 Å². The van der Waals surface area contributed by atoms with Gasteiger partial charge in [0.1, 0.15) is 17.5 Å². The lowest BCUT2D eigenvalue weighted by molar-refractivity contribution is 0.801. The van der Waals surface area contributed by atoms with E-state index in [1.54, 1.807) is 0 Å². The summed E-state index contributed by atoms with van der Waals surface area (Å²) in [5.74, 6) is 3.48. The van der Waals surface area contributed by atoms with Crippen molar-refractivity contribution >= 4 is 23.4 Å². The number of nitrogens with one attached hydrogen (secondary N) is 1. The zero-order chi connectivity index (χ0) is 11.5. The zero-order valence-electron chi connectivity index (χ0n) is 9.79. The maximum atomic E-state index is 5.81. The van der Waals surface area contributed by atoms with Gasteiger partial charge in [0, 0.05) is 17.4 Å². The van der Waals surface area contributed by atoms with Gasteiger partial charge < -0.3 is 11.1 Å². The third kappa shape index (κ3) is 2.58. The SMILES string of the molecule is Cc1nc(N)c(C)c(NCC2CCCS2)n1. The molecule has 1 aromatic heterocycles. The van der Waals surface area contributed by atoms with Crippen molar-refractivity contribution in [3.05, 3.63) is 11.4 Å². The maximum absolute atomic E-state index is 5.81. The highest BCUT2D eigenvalue weighted by molar-refractivity contribution is 8.00. The van der Waals surface area contributed by atoms with Crippen molar-refractivity contribution in [1.29, 1.82) is 0 Å². The van der Waals surface area contributed by atoms with Gasteiger partial charge in [-0.25, -0.2) is 9.97 Å². The lowest BCUT2D eigenvalue weighted by Gasteiger charge is -2.13. The summed E-state index contributed by atoms with van der Waals surface area (Å²) in [4.78, 5) is 8.52. The third-order valence-electron chi connectivity index (χ3n) is 2.82. The summed E-state index contributed by atoms with van der Waals surface area (Å²) < 4.78 is 0. The predicted molar refractivity (Wildman–Crippen MR) is 69.9 cm³/mol. The van der Waals surface area contributed by atoms with E-state index >= 15 is 0 Å². The third-order valence-corrected chi connectivity index (χ3v) is 4.21. The first-order valence-corrected chi connectivity index (χ1v) is 6.68. The van der Waals surface area contributed by atoms with Crippen LogP contribution in [0.25, 0.3) is 0 Å². The Kier molecular flexibility index (Phi) is 3.53.